The summed E-state index contributed by atoms with van der Waals surface area (Å²) < 4.78 is 44.9. The SMILES string of the molecule is O=C(NC(=NCCC[C@H]1C(=O)N(C(=O)N2CCN(S(=O)(=O)C3CCCCC3)CC2)C1C(=O)OCC1CCCCC1)NC(=O)OCC1CCCCC1)OCC1CCCCC1. The minimum absolute atomic E-state index is 0.0835. The van der Waals surface area contributed by atoms with Gasteiger partial charge in [0.1, 0.15) is 0 Å². The summed E-state index contributed by atoms with van der Waals surface area (Å²) in [6, 6.07) is -1.74. The second-order valence-corrected chi connectivity index (χ2v) is 19.9. The lowest BCUT2D eigenvalue weighted by Gasteiger charge is -2.47. The number of imide groups is 1. The standard InChI is InChI=1S/C42H68N6O10S/c49-37-35(22-13-23-43-39(44-40(51)57-29-32-16-7-2-8-17-32)45-41(52)58-30-33-18-9-3-10-19-33)36(38(50)56-28-31-14-5-1-6-15-31)48(37)42(53)46-24-26-47(27-25-46)59(54,55)34-20-11-4-12-21-34/h31-36H,1-30H2,(H2,43,44,45,51,52)/t35-,36?/m1/s1. The highest BCUT2D eigenvalue weighted by molar-refractivity contribution is 7.89. The maximum atomic E-state index is 13.9. The molecule has 0 aromatic rings. The van der Waals surface area contributed by atoms with Crippen LogP contribution in [0.15, 0.2) is 4.99 Å². The number of hydrogen-bond acceptors (Lipinski definition) is 11. The first-order chi connectivity index (χ1) is 28.6. The number of nitrogens with one attached hydrogen (secondary N) is 2. The second-order valence-electron chi connectivity index (χ2n) is 17.7. The molecule has 2 aliphatic heterocycles. The topological polar surface area (TPSA) is 193 Å². The summed E-state index contributed by atoms with van der Waals surface area (Å²) in [5, 5.41) is 4.70. The van der Waals surface area contributed by atoms with Gasteiger partial charge in [0.05, 0.1) is 31.0 Å². The molecule has 2 N–H and O–H groups in total. The number of hydrogen-bond donors (Lipinski definition) is 2. The maximum Gasteiger partial charge on any atom is 0.413 e. The normalized spacial score (nSPS) is 24.4. The van der Waals surface area contributed by atoms with E-state index in [4.69, 9.17) is 14.2 Å². The molecule has 6 fully saturated rings. The van der Waals surface area contributed by atoms with Gasteiger partial charge in [-0.3, -0.25) is 20.4 Å². The van der Waals surface area contributed by atoms with Gasteiger partial charge in [0.25, 0.3) is 0 Å². The van der Waals surface area contributed by atoms with Crippen LogP contribution < -0.4 is 10.6 Å². The van der Waals surface area contributed by atoms with Gasteiger partial charge in [-0.15, -0.1) is 0 Å². The van der Waals surface area contributed by atoms with Crippen molar-refractivity contribution in [1.29, 1.82) is 0 Å². The zero-order valence-electron chi connectivity index (χ0n) is 35.0. The number of alkyl carbamates (subject to hydrolysis) is 2. The van der Waals surface area contributed by atoms with E-state index in [1.165, 1.54) is 22.0 Å². The number of rotatable bonds is 13. The molecule has 0 bridgehead atoms. The van der Waals surface area contributed by atoms with Crippen LogP contribution in [0.2, 0.25) is 0 Å². The Morgan fingerprint density at radius 2 is 1.08 bits per heavy atom. The predicted octanol–water partition coefficient (Wildman–Crippen LogP) is 6.09. The van der Waals surface area contributed by atoms with E-state index in [9.17, 15) is 32.4 Å². The molecule has 17 heteroatoms. The van der Waals surface area contributed by atoms with Crippen molar-refractivity contribution in [2.45, 2.75) is 153 Å². The van der Waals surface area contributed by atoms with Crippen molar-refractivity contribution in [2.75, 3.05) is 52.5 Å². The van der Waals surface area contributed by atoms with Gasteiger partial charge in [-0.05, 0) is 82.0 Å². The molecule has 4 saturated carbocycles. The van der Waals surface area contributed by atoms with E-state index in [0.29, 0.717) is 31.1 Å². The number of likely N-dealkylation sites (tertiary alicyclic amines) is 1. The zero-order chi connectivity index (χ0) is 41.6. The number of β-lactam (4-membered cyclic amide) rings is 1. The lowest BCUT2D eigenvalue weighted by atomic mass is 9.83. The Hall–Kier alpha value is -3.47. The van der Waals surface area contributed by atoms with Crippen LogP contribution in [0.5, 0.6) is 0 Å². The number of aliphatic imine (C=N–C) groups is 1. The van der Waals surface area contributed by atoms with Crippen molar-refractivity contribution in [3.63, 3.8) is 0 Å². The summed E-state index contributed by atoms with van der Waals surface area (Å²) in [5.74, 6) is -1.25. The number of carbonyl (C=O) groups excluding carboxylic acids is 5. The van der Waals surface area contributed by atoms with Crippen molar-refractivity contribution in [3.05, 3.63) is 0 Å². The van der Waals surface area contributed by atoms with Crippen molar-refractivity contribution in [2.24, 2.45) is 28.7 Å². The Morgan fingerprint density at radius 3 is 1.58 bits per heavy atom. The van der Waals surface area contributed by atoms with Crippen LogP contribution in [0.3, 0.4) is 0 Å². The van der Waals surface area contributed by atoms with E-state index in [1.54, 1.807) is 0 Å². The molecule has 4 aliphatic carbocycles. The van der Waals surface area contributed by atoms with Gasteiger partial charge in [0, 0.05) is 32.7 Å². The molecule has 16 nitrogen and oxygen atoms in total. The van der Waals surface area contributed by atoms with Gasteiger partial charge >= 0.3 is 24.2 Å². The van der Waals surface area contributed by atoms with Crippen LogP contribution in [0, 0.1) is 23.7 Å². The number of carbonyl (C=O) groups is 5. The summed E-state index contributed by atoms with van der Waals surface area (Å²) in [6.45, 7) is 1.37. The average Bonchev–Trinajstić information content (AvgIpc) is 3.27. The van der Waals surface area contributed by atoms with Crippen LogP contribution in [-0.2, 0) is 33.8 Å². The molecule has 6 rings (SSSR count). The Morgan fingerprint density at radius 1 is 0.627 bits per heavy atom. The molecule has 0 radical (unpaired) electrons. The molecule has 1 unspecified atom stereocenters. The van der Waals surface area contributed by atoms with Crippen LogP contribution >= 0.6 is 0 Å². The van der Waals surface area contributed by atoms with Gasteiger partial charge in [-0.1, -0.05) is 77.0 Å². The molecule has 2 heterocycles. The van der Waals surface area contributed by atoms with E-state index in [1.807, 2.05) is 0 Å². The molecule has 332 valence electrons. The van der Waals surface area contributed by atoms with Crippen molar-refractivity contribution in [3.8, 4) is 0 Å². The third-order valence-corrected chi connectivity index (χ3v) is 15.8. The summed E-state index contributed by atoms with van der Waals surface area (Å²) in [4.78, 5) is 73.8. The van der Waals surface area contributed by atoms with Crippen LogP contribution in [0.1, 0.15) is 141 Å². The lowest BCUT2D eigenvalue weighted by molar-refractivity contribution is -0.171. The number of ether oxygens (including phenoxy) is 3. The van der Waals surface area contributed by atoms with Crippen molar-refractivity contribution < 1.29 is 46.6 Å². The number of nitrogens with zero attached hydrogens (tertiary/aromatic N) is 4. The van der Waals surface area contributed by atoms with Crippen LogP contribution in [-0.4, -0.2) is 122 Å². The van der Waals surface area contributed by atoms with E-state index >= 15 is 0 Å². The smallest absolute Gasteiger partial charge is 0.413 e. The largest absolute Gasteiger partial charge is 0.464 e. The highest BCUT2D eigenvalue weighted by Gasteiger charge is 2.56. The third-order valence-electron chi connectivity index (χ3n) is 13.4. The first kappa shape index (κ1) is 45.1. The number of esters is 1. The van der Waals surface area contributed by atoms with Gasteiger partial charge in [0.2, 0.25) is 21.9 Å². The highest BCUT2D eigenvalue weighted by Crippen LogP contribution is 2.35. The third kappa shape index (κ3) is 12.8. The van der Waals surface area contributed by atoms with Crippen molar-refractivity contribution in [1.82, 2.24) is 24.7 Å². The molecule has 5 amide bonds. The molecular formula is C42H68N6O10S. The highest BCUT2D eigenvalue weighted by atomic mass is 32.2. The average molecular weight is 849 g/mol. The minimum atomic E-state index is -3.49. The van der Waals surface area contributed by atoms with Gasteiger partial charge in [0.15, 0.2) is 6.04 Å². The Balaban J connectivity index is 1.06. The summed E-state index contributed by atoms with van der Waals surface area (Å²) >= 11 is 0. The van der Waals surface area contributed by atoms with E-state index < -0.39 is 57.3 Å². The molecule has 0 aromatic carbocycles. The second kappa shape index (κ2) is 22.4. The number of piperazine rings is 1. The van der Waals surface area contributed by atoms with Gasteiger partial charge in [-0.2, -0.15) is 4.31 Å². The zero-order valence-corrected chi connectivity index (χ0v) is 35.8. The molecule has 2 saturated heterocycles. The van der Waals surface area contributed by atoms with E-state index in [-0.39, 0.29) is 70.8 Å². The maximum absolute atomic E-state index is 13.9. The molecular weight excluding hydrogens is 781 g/mol. The van der Waals surface area contributed by atoms with Gasteiger partial charge < -0.3 is 19.1 Å². The molecule has 6 aliphatic rings. The Labute approximate surface area is 350 Å². The fourth-order valence-electron chi connectivity index (χ4n) is 9.78. The lowest BCUT2D eigenvalue weighted by Crippen LogP contribution is -2.69. The van der Waals surface area contributed by atoms with Crippen LogP contribution in [0.25, 0.3) is 0 Å². The van der Waals surface area contributed by atoms with Gasteiger partial charge in [-0.25, -0.2) is 32.5 Å². The van der Waals surface area contributed by atoms with E-state index in [0.717, 1.165) is 108 Å². The predicted molar refractivity (Wildman–Crippen MR) is 220 cm³/mol. The fourth-order valence-corrected chi connectivity index (χ4v) is 11.8. The molecule has 2 atom stereocenters. The number of urea groups is 1. The minimum Gasteiger partial charge on any atom is -0.464 e. The fraction of sp³-hybridized carbons (Fsp3) is 0.857. The molecule has 0 aromatic heterocycles. The summed E-state index contributed by atoms with van der Waals surface area (Å²) in [6.07, 6.45) is 19.1. The summed E-state index contributed by atoms with van der Waals surface area (Å²) in [5.41, 5.74) is 0. The molecule has 59 heavy (non-hydrogen) atoms. The summed E-state index contributed by atoms with van der Waals surface area (Å²) in [7, 11) is -3.49. The quantitative estimate of drug-likeness (QED) is 0.0548. The monoisotopic (exact) mass is 848 g/mol. The Bertz CT molecular complexity index is 1520. The number of sulfonamides is 1. The number of guanidine groups is 1. The van der Waals surface area contributed by atoms with Crippen molar-refractivity contribution >= 4 is 46.1 Å². The Kier molecular flexibility index (Phi) is 17.1. The molecule has 0 spiro atoms. The number of amides is 5. The van der Waals surface area contributed by atoms with Crippen LogP contribution in [0.4, 0.5) is 14.4 Å². The first-order valence-electron chi connectivity index (χ1n) is 22.8. The first-order valence-corrected chi connectivity index (χ1v) is 24.3. The van der Waals surface area contributed by atoms with E-state index in [2.05, 4.69) is 15.6 Å².